The molecule has 0 bridgehead atoms. The molecule has 0 radical (unpaired) electrons. The summed E-state index contributed by atoms with van der Waals surface area (Å²) in [5, 5.41) is 7.70. The van der Waals surface area contributed by atoms with Crippen molar-refractivity contribution in [2.45, 2.75) is 31.9 Å². The predicted octanol–water partition coefficient (Wildman–Crippen LogP) is 2.91. The van der Waals surface area contributed by atoms with Gasteiger partial charge in [-0.1, -0.05) is 13.8 Å². The second kappa shape index (κ2) is 4.04. The first-order chi connectivity index (χ1) is 7.13. The molecule has 0 saturated carbocycles. The zero-order valence-corrected chi connectivity index (χ0v) is 9.45. The molecule has 0 aliphatic carbocycles. The SMILES string of the molecule is CC(C)(CC(=O)O)c1cnc(C(F)(F)F)s1. The molecule has 1 rings (SSSR count). The molecule has 1 aromatic rings. The van der Waals surface area contributed by atoms with Gasteiger partial charge in [0, 0.05) is 16.5 Å². The van der Waals surface area contributed by atoms with E-state index in [4.69, 9.17) is 5.11 Å². The molecule has 0 atom stereocenters. The van der Waals surface area contributed by atoms with Gasteiger partial charge >= 0.3 is 12.1 Å². The number of hydrogen-bond acceptors (Lipinski definition) is 3. The molecule has 3 nitrogen and oxygen atoms in total. The highest BCUT2D eigenvalue weighted by Gasteiger charge is 2.37. The minimum Gasteiger partial charge on any atom is -0.481 e. The quantitative estimate of drug-likeness (QED) is 0.901. The van der Waals surface area contributed by atoms with Gasteiger partial charge in [-0.2, -0.15) is 13.2 Å². The van der Waals surface area contributed by atoms with E-state index in [0.29, 0.717) is 16.2 Å². The third kappa shape index (κ3) is 2.94. The highest BCUT2D eigenvalue weighted by molar-refractivity contribution is 7.11. The van der Waals surface area contributed by atoms with E-state index < -0.39 is 22.6 Å². The molecule has 7 heteroatoms. The van der Waals surface area contributed by atoms with E-state index in [1.807, 2.05) is 0 Å². The van der Waals surface area contributed by atoms with Crippen LogP contribution in [0.4, 0.5) is 13.2 Å². The fourth-order valence-electron chi connectivity index (χ4n) is 1.18. The van der Waals surface area contributed by atoms with Crippen LogP contribution in [0, 0.1) is 0 Å². The van der Waals surface area contributed by atoms with E-state index in [2.05, 4.69) is 4.98 Å². The van der Waals surface area contributed by atoms with Gasteiger partial charge in [-0.25, -0.2) is 4.98 Å². The number of alkyl halides is 3. The summed E-state index contributed by atoms with van der Waals surface area (Å²) >= 11 is 0.489. The average Bonchev–Trinajstić information content (AvgIpc) is 2.47. The maximum atomic E-state index is 12.3. The fraction of sp³-hybridized carbons (Fsp3) is 0.556. The Kier molecular flexibility index (Phi) is 3.27. The number of thiazole rings is 1. The van der Waals surface area contributed by atoms with Crippen LogP contribution >= 0.6 is 11.3 Å². The molecule has 1 N–H and O–H groups in total. The van der Waals surface area contributed by atoms with E-state index >= 15 is 0 Å². The van der Waals surface area contributed by atoms with Crippen LogP contribution in [0.3, 0.4) is 0 Å². The van der Waals surface area contributed by atoms with Crippen LogP contribution in [0.25, 0.3) is 0 Å². The summed E-state index contributed by atoms with van der Waals surface area (Å²) in [6.45, 7) is 3.16. The Labute approximate surface area is 93.9 Å². The zero-order valence-electron chi connectivity index (χ0n) is 8.63. The molecule has 0 aliphatic heterocycles. The lowest BCUT2D eigenvalue weighted by Crippen LogP contribution is -2.20. The first kappa shape index (κ1) is 13.0. The first-order valence-electron chi connectivity index (χ1n) is 4.38. The Morgan fingerprint density at radius 3 is 2.44 bits per heavy atom. The standard InChI is InChI=1S/C9H10F3NO2S/c1-8(2,3-6(14)15)5-4-13-7(16-5)9(10,11)12/h4H,3H2,1-2H3,(H,14,15). The lowest BCUT2D eigenvalue weighted by Gasteiger charge is -2.19. The normalized spacial score (nSPS) is 12.8. The second-order valence-corrected chi connectivity index (χ2v) is 5.01. The average molecular weight is 253 g/mol. The van der Waals surface area contributed by atoms with Crippen molar-refractivity contribution in [3.8, 4) is 0 Å². The molecule has 0 saturated heterocycles. The van der Waals surface area contributed by atoms with Gasteiger partial charge in [0.05, 0.1) is 6.42 Å². The molecule has 0 amide bonds. The van der Waals surface area contributed by atoms with Gasteiger partial charge < -0.3 is 5.11 Å². The number of aromatic nitrogens is 1. The number of rotatable bonds is 3. The fourth-order valence-corrected chi connectivity index (χ4v) is 2.07. The summed E-state index contributed by atoms with van der Waals surface area (Å²) < 4.78 is 36.9. The van der Waals surface area contributed by atoms with E-state index in [1.54, 1.807) is 13.8 Å². The van der Waals surface area contributed by atoms with Gasteiger partial charge in [-0.05, 0) is 0 Å². The first-order valence-corrected chi connectivity index (χ1v) is 5.20. The van der Waals surface area contributed by atoms with Crippen molar-refractivity contribution in [3.63, 3.8) is 0 Å². The Morgan fingerprint density at radius 1 is 1.50 bits per heavy atom. The maximum absolute atomic E-state index is 12.3. The molecule has 0 fully saturated rings. The predicted molar refractivity (Wildman–Crippen MR) is 52.4 cm³/mol. The Bertz CT molecular complexity index is 398. The topological polar surface area (TPSA) is 50.2 Å². The van der Waals surface area contributed by atoms with Gasteiger partial charge in [0.25, 0.3) is 0 Å². The Morgan fingerprint density at radius 2 is 2.06 bits per heavy atom. The number of aliphatic carboxylic acids is 1. The maximum Gasteiger partial charge on any atom is 0.443 e. The molecule has 16 heavy (non-hydrogen) atoms. The summed E-state index contributed by atoms with van der Waals surface area (Å²) in [5.74, 6) is -1.05. The molecule has 0 unspecified atom stereocenters. The van der Waals surface area contributed by atoms with Crippen molar-refractivity contribution in [2.75, 3.05) is 0 Å². The molecule has 0 aromatic carbocycles. The summed E-state index contributed by atoms with van der Waals surface area (Å²) in [5.41, 5.74) is -0.840. The smallest absolute Gasteiger partial charge is 0.443 e. The van der Waals surface area contributed by atoms with Crippen molar-refractivity contribution in [3.05, 3.63) is 16.1 Å². The van der Waals surface area contributed by atoms with Crippen molar-refractivity contribution in [1.82, 2.24) is 4.98 Å². The summed E-state index contributed by atoms with van der Waals surface area (Å²) in [4.78, 5) is 14.1. The highest BCUT2D eigenvalue weighted by atomic mass is 32.1. The molecule has 1 aromatic heterocycles. The largest absolute Gasteiger partial charge is 0.481 e. The number of carbonyl (C=O) groups is 1. The molecular weight excluding hydrogens is 243 g/mol. The summed E-state index contributed by atoms with van der Waals surface area (Å²) in [6.07, 6.45) is -3.61. The van der Waals surface area contributed by atoms with Gasteiger partial charge in [0.15, 0.2) is 5.01 Å². The third-order valence-corrected chi connectivity index (χ3v) is 3.42. The van der Waals surface area contributed by atoms with Crippen molar-refractivity contribution < 1.29 is 23.1 Å². The number of carboxylic acid groups (broad SMARTS) is 1. The second-order valence-electron chi connectivity index (χ2n) is 3.98. The van der Waals surface area contributed by atoms with E-state index in [1.165, 1.54) is 0 Å². The summed E-state index contributed by atoms with van der Waals surface area (Å²) in [6, 6.07) is 0. The van der Waals surface area contributed by atoms with Crippen molar-refractivity contribution in [1.29, 1.82) is 0 Å². The highest BCUT2D eigenvalue weighted by Crippen LogP contribution is 2.37. The van der Waals surface area contributed by atoms with Crippen LogP contribution in [0.2, 0.25) is 0 Å². The lowest BCUT2D eigenvalue weighted by molar-refractivity contribution is -0.138. The van der Waals surface area contributed by atoms with E-state index in [0.717, 1.165) is 6.20 Å². The van der Waals surface area contributed by atoms with Gasteiger partial charge in [-0.15, -0.1) is 11.3 Å². The van der Waals surface area contributed by atoms with Crippen molar-refractivity contribution >= 4 is 17.3 Å². The molecule has 0 aliphatic rings. The van der Waals surface area contributed by atoms with Crippen LogP contribution in [0.5, 0.6) is 0 Å². The van der Waals surface area contributed by atoms with Crippen molar-refractivity contribution in [2.24, 2.45) is 0 Å². The molecule has 1 heterocycles. The van der Waals surface area contributed by atoms with Gasteiger partial charge in [0.2, 0.25) is 0 Å². The minimum absolute atomic E-state index is 0.230. The molecule has 0 spiro atoms. The molecular formula is C9H10F3NO2S. The number of nitrogens with zero attached hydrogens (tertiary/aromatic N) is 1. The number of hydrogen-bond donors (Lipinski definition) is 1. The minimum atomic E-state index is -4.47. The lowest BCUT2D eigenvalue weighted by atomic mass is 9.88. The van der Waals surface area contributed by atoms with E-state index in [-0.39, 0.29) is 6.42 Å². The van der Waals surface area contributed by atoms with Crippen LogP contribution in [-0.2, 0) is 16.4 Å². The monoisotopic (exact) mass is 253 g/mol. The van der Waals surface area contributed by atoms with Crippen LogP contribution in [0.1, 0.15) is 30.2 Å². The van der Waals surface area contributed by atoms with Crippen LogP contribution in [0.15, 0.2) is 6.20 Å². The Balaban J connectivity index is 2.97. The zero-order chi connectivity index (χ0) is 12.6. The summed E-state index contributed by atoms with van der Waals surface area (Å²) in [7, 11) is 0. The number of carboxylic acids is 1. The Hall–Kier alpha value is -1.11. The van der Waals surface area contributed by atoms with Crippen LogP contribution < -0.4 is 0 Å². The van der Waals surface area contributed by atoms with Gasteiger partial charge in [-0.3, -0.25) is 4.79 Å². The number of halogens is 3. The van der Waals surface area contributed by atoms with Gasteiger partial charge in [0.1, 0.15) is 0 Å². The van der Waals surface area contributed by atoms with E-state index in [9.17, 15) is 18.0 Å². The van der Waals surface area contributed by atoms with Crippen LogP contribution in [-0.4, -0.2) is 16.1 Å². The molecule has 90 valence electrons. The third-order valence-electron chi connectivity index (χ3n) is 2.01.